The first-order chi connectivity index (χ1) is 10.1. The van der Waals surface area contributed by atoms with E-state index in [1.807, 2.05) is 31.2 Å². The number of halogens is 2. The Morgan fingerprint density at radius 2 is 1.86 bits per heavy atom. The second-order valence-corrected chi connectivity index (χ2v) is 4.92. The molecule has 7 heteroatoms. The van der Waals surface area contributed by atoms with Gasteiger partial charge in [0.2, 0.25) is 5.91 Å². The van der Waals surface area contributed by atoms with E-state index in [1.54, 1.807) is 0 Å². The maximum absolute atomic E-state index is 10.8. The van der Waals surface area contributed by atoms with Crippen LogP contribution in [0.4, 0.5) is 0 Å². The van der Waals surface area contributed by atoms with Crippen molar-refractivity contribution in [1.29, 1.82) is 0 Å². The molecule has 0 aliphatic rings. The summed E-state index contributed by atoms with van der Waals surface area (Å²) in [5.41, 5.74) is 1.09. The average Bonchev–Trinajstić information content (AvgIpc) is 2.45. The molecule has 0 saturated heterocycles. The number of nitrogens with zero attached hydrogens (tertiary/aromatic N) is 1. The predicted molar refractivity (Wildman–Crippen MR) is 103 cm³/mol. The number of carbonyl (C=O) groups is 1. The van der Waals surface area contributed by atoms with Crippen LogP contribution in [0.3, 0.4) is 0 Å². The quantitative estimate of drug-likeness (QED) is 0.265. The third-order valence-electron chi connectivity index (χ3n) is 2.74. The van der Waals surface area contributed by atoms with Gasteiger partial charge >= 0.3 is 0 Å². The highest BCUT2D eigenvalue weighted by Gasteiger charge is 2.00. The van der Waals surface area contributed by atoms with Gasteiger partial charge in [-0.1, -0.05) is 29.8 Å². The zero-order valence-corrected chi connectivity index (χ0v) is 16.1. The van der Waals surface area contributed by atoms with Gasteiger partial charge in [0, 0.05) is 38.1 Å². The number of aliphatic imine (C=N–C) groups is 1. The van der Waals surface area contributed by atoms with Gasteiger partial charge in [-0.25, -0.2) is 0 Å². The lowest BCUT2D eigenvalue weighted by Gasteiger charge is -2.11. The monoisotopic (exact) mass is 438 g/mol. The van der Waals surface area contributed by atoms with Crippen molar-refractivity contribution in [3.05, 3.63) is 34.9 Å². The predicted octanol–water partition coefficient (Wildman–Crippen LogP) is 2.19. The van der Waals surface area contributed by atoms with Crippen LogP contribution in [0, 0.1) is 0 Å². The first-order valence-corrected chi connectivity index (χ1v) is 7.51. The number of hydrogen-bond donors (Lipinski definition) is 3. The molecule has 0 radical (unpaired) electrons. The van der Waals surface area contributed by atoms with Gasteiger partial charge in [0.25, 0.3) is 0 Å². The van der Waals surface area contributed by atoms with E-state index in [2.05, 4.69) is 20.9 Å². The Balaban J connectivity index is 0.00000441. The molecule has 1 rings (SSSR count). The van der Waals surface area contributed by atoms with E-state index in [-0.39, 0.29) is 29.9 Å². The number of rotatable bonds is 7. The molecular weight excluding hydrogens is 415 g/mol. The van der Waals surface area contributed by atoms with Gasteiger partial charge in [-0.05, 0) is 25.0 Å². The first kappa shape index (κ1) is 21.0. The van der Waals surface area contributed by atoms with Gasteiger partial charge in [0.05, 0.1) is 0 Å². The van der Waals surface area contributed by atoms with E-state index < -0.39 is 0 Å². The number of nitrogens with one attached hydrogen (secondary N) is 3. The van der Waals surface area contributed by atoms with Crippen LogP contribution in [0.25, 0.3) is 0 Å². The number of hydrogen-bond acceptors (Lipinski definition) is 2. The summed E-state index contributed by atoms with van der Waals surface area (Å²) in [5, 5.41) is 9.84. The molecule has 1 aromatic rings. The molecule has 0 spiro atoms. The largest absolute Gasteiger partial charge is 0.357 e. The number of amides is 1. The Bertz CT molecular complexity index is 482. The minimum atomic E-state index is -0.0301. The fraction of sp³-hybridized carbons (Fsp3) is 0.467. The zero-order valence-electron chi connectivity index (χ0n) is 13.0. The van der Waals surface area contributed by atoms with E-state index in [1.165, 1.54) is 6.92 Å². The van der Waals surface area contributed by atoms with Gasteiger partial charge in [-0.3, -0.25) is 9.79 Å². The number of benzene rings is 1. The molecule has 1 amide bonds. The molecule has 0 bridgehead atoms. The van der Waals surface area contributed by atoms with Crippen molar-refractivity contribution >= 4 is 47.4 Å². The number of guanidine groups is 1. The molecule has 124 valence electrons. The van der Waals surface area contributed by atoms with Crippen molar-refractivity contribution in [2.24, 2.45) is 4.99 Å². The Morgan fingerprint density at radius 3 is 2.50 bits per heavy atom. The summed E-state index contributed by atoms with van der Waals surface area (Å²) >= 11 is 6.11. The minimum absolute atomic E-state index is 0. The minimum Gasteiger partial charge on any atom is -0.357 e. The van der Waals surface area contributed by atoms with E-state index in [9.17, 15) is 4.79 Å². The maximum Gasteiger partial charge on any atom is 0.216 e. The highest BCUT2D eigenvalue weighted by atomic mass is 127. The Hall–Kier alpha value is -1.02. The third-order valence-corrected chi connectivity index (χ3v) is 3.11. The summed E-state index contributed by atoms with van der Waals surface area (Å²) in [6.07, 6.45) is 0.794. The van der Waals surface area contributed by atoms with Gasteiger partial charge < -0.3 is 16.0 Å². The average molecular weight is 439 g/mol. The molecule has 0 aliphatic carbocycles. The molecule has 0 aromatic heterocycles. The molecular formula is C15H24ClIN4O. The van der Waals surface area contributed by atoms with Gasteiger partial charge in [0.15, 0.2) is 5.96 Å². The second-order valence-electron chi connectivity index (χ2n) is 4.51. The molecule has 1 aromatic carbocycles. The molecule has 0 saturated carbocycles. The van der Waals surface area contributed by atoms with Crippen molar-refractivity contribution in [3.63, 3.8) is 0 Å². The topological polar surface area (TPSA) is 65.5 Å². The molecule has 3 N–H and O–H groups in total. The zero-order chi connectivity index (χ0) is 15.5. The summed E-state index contributed by atoms with van der Waals surface area (Å²) in [4.78, 5) is 15.3. The Kier molecular flexibility index (Phi) is 11.9. The van der Waals surface area contributed by atoms with E-state index in [4.69, 9.17) is 11.6 Å². The second kappa shape index (κ2) is 12.5. The van der Waals surface area contributed by atoms with Crippen LogP contribution in [-0.4, -0.2) is 38.0 Å². The fourth-order valence-corrected chi connectivity index (χ4v) is 1.98. The van der Waals surface area contributed by atoms with Crippen molar-refractivity contribution in [2.45, 2.75) is 20.3 Å². The Morgan fingerprint density at radius 1 is 1.18 bits per heavy atom. The van der Waals surface area contributed by atoms with Crippen molar-refractivity contribution in [3.8, 4) is 0 Å². The van der Waals surface area contributed by atoms with E-state index >= 15 is 0 Å². The van der Waals surface area contributed by atoms with E-state index in [0.717, 1.165) is 29.5 Å². The molecule has 22 heavy (non-hydrogen) atoms. The maximum atomic E-state index is 10.8. The van der Waals surface area contributed by atoms with Gasteiger partial charge in [0.1, 0.15) is 0 Å². The van der Waals surface area contributed by atoms with Gasteiger partial charge in [-0.15, -0.1) is 24.0 Å². The van der Waals surface area contributed by atoms with Crippen molar-refractivity contribution < 1.29 is 4.79 Å². The third kappa shape index (κ3) is 9.09. The van der Waals surface area contributed by atoms with E-state index in [0.29, 0.717) is 19.6 Å². The highest BCUT2D eigenvalue weighted by Crippen LogP contribution is 2.15. The van der Waals surface area contributed by atoms with Crippen LogP contribution in [0.5, 0.6) is 0 Å². The molecule has 0 aliphatic heterocycles. The van der Waals surface area contributed by atoms with Crippen molar-refractivity contribution in [2.75, 3.05) is 26.2 Å². The highest BCUT2D eigenvalue weighted by molar-refractivity contribution is 14.0. The van der Waals surface area contributed by atoms with Crippen LogP contribution in [-0.2, 0) is 11.2 Å². The normalized spacial score (nSPS) is 10.6. The SMILES string of the molecule is CCNC(=NCCc1ccccc1Cl)NCCNC(C)=O.I. The smallest absolute Gasteiger partial charge is 0.216 e. The summed E-state index contributed by atoms with van der Waals surface area (Å²) in [6, 6.07) is 7.79. The van der Waals surface area contributed by atoms with Crippen LogP contribution >= 0.6 is 35.6 Å². The molecule has 0 unspecified atom stereocenters. The standard InChI is InChI=1S/C15H23ClN4O.HI/c1-3-17-15(20-11-10-18-12(2)21)19-9-8-13-6-4-5-7-14(13)16;/h4-7H,3,8-11H2,1-2H3,(H,18,21)(H2,17,19,20);1H. The molecule has 0 fully saturated rings. The number of carbonyl (C=O) groups excluding carboxylic acids is 1. The fourth-order valence-electron chi connectivity index (χ4n) is 1.75. The first-order valence-electron chi connectivity index (χ1n) is 7.13. The summed E-state index contributed by atoms with van der Waals surface area (Å²) in [6.45, 7) is 6.17. The van der Waals surface area contributed by atoms with Gasteiger partial charge in [-0.2, -0.15) is 0 Å². The van der Waals surface area contributed by atoms with Crippen LogP contribution in [0.2, 0.25) is 5.02 Å². The molecule has 5 nitrogen and oxygen atoms in total. The van der Waals surface area contributed by atoms with Crippen LogP contribution in [0.15, 0.2) is 29.3 Å². The summed E-state index contributed by atoms with van der Waals surface area (Å²) < 4.78 is 0. The Labute approximate surface area is 154 Å². The molecule has 0 heterocycles. The van der Waals surface area contributed by atoms with Crippen molar-refractivity contribution in [1.82, 2.24) is 16.0 Å². The lowest BCUT2D eigenvalue weighted by atomic mass is 10.1. The summed E-state index contributed by atoms with van der Waals surface area (Å²) in [7, 11) is 0. The van der Waals surface area contributed by atoms with Crippen LogP contribution < -0.4 is 16.0 Å². The lowest BCUT2D eigenvalue weighted by Crippen LogP contribution is -2.41. The molecule has 0 atom stereocenters. The van der Waals surface area contributed by atoms with Crippen LogP contribution in [0.1, 0.15) is 19.4 Å². The summed E-state index contributed by atoms with van der Waals surface area (Å²) in [5.74, 6) is 0.715. The lowest BCUT2D eigenvalue weighted by molar-refractivity contribution is -0.118.